The number of nitrogens with two attached hydrogens (primary N) is 2. The molecule has 4 bridgehead atoms. The van der Waals surface area contributed by atoms with Crippen molar-refractivity contribution in [3.05, 3.63) is 6.20 Å². The van der Waals surface area contributed by atoms with Crippen molar-refractivity contribution in [3.8, 4) is 0 Å². The average Bonchev–Trinajstić information content (AvgIpc) is 2.36. The van der Waals surface area contributed by atoms with Crippen molar-refractivity contribution in [1.82, 2.24) is 9.97 Å². The van der Waals surface area contributed by atoms with Crippen molar-refractivity contribution in [3.63, 3.8) is 0 Å². The van der Waals surface area contributed by atoms with Gasteiger partial charge in [0.25, 0.3) is 0 Å². The lowest BCUT2D eigenvalue weighted by Gasteiger charge is -2.54. The van der Waals surface area contributed by atoms with E-state index in [9.17, 15) is 0 Å². The number of anilines is 2. The smallest absolute Gasteiger partial charge is 0.216 e. The molecule has 5 rings (SSSR count). The molecular formula is C14H20N6. The minimum absolute atomic E-state index is 0.0459. The van der Waals surface area contributed by atoms with Gasteiger partial charge in [-0.2, -0.15) is 5.11 Å². The Balaban J connectivity index is 1.60. The molecule has 4 fully saturated rings. The summed E-state index contributed by atoms with van der Waals surface area (Å²) in [6.45, 7) is 0. The van der Waals surface area contributed by atoms with Crippen molar-refractivity contribution in [2.75, 3.05) is 11.5 Å². The number of nitrogen functional groups attached to an aromatic ring is 2. The molecule has 0 amide bonds. The Morgan fingerprint density at radius 3 is 2.20 bits per heavy atom. The molecule has 4 aliphatic rings. The first-order valence-corrected chi connectivity index (χ1v) is 7.43. The fourth-order valence-corrected chi connectivity index (χ4v) is 4.83. The van der Waals surface area contributed by atoms with E-state index >= 15 is 0 Å². The van der Waals surface area contributed by atoms with Gasteiger partial charge in [0, 0.05) is 0 Å². The van der Waals surface area contributed by atoms with Gasteiger partial charge in [0.2, 0.25) is 5.82 Å². The van der Waals surface area contributed by atoms with Crippen molar-refractivity contribution >= 4 is 17.5 Å². The molecule has 6 nitrogen and oxygen atoms in total. The van der Waals surface area contributed by atoms with Crippen LogP contribution in [0.2, 0.25) is 0 Å². The van der Waals surface area contributed by atoms with E-state index in [-0.39, 0.29) is 11.4 Å². The largest absolute Gasteiger partial charge is 0.382 e. The maximum atomic E-state index is 5.79. The summed E-state index contributed by atoms with van der Waals surface area (Å²) in [7, 11) is 0. The molecule has 0 aliphatic heterocycles. The Hall–Kier alpha value is -1.72. The second-order valence-electron chi connectivity index (χ2n) is 6.85. The molecule has 0 unspecified atom stereocenters. The lowest BCUT2D eigenvalue weighted by molar-refractivity contribution is -0.00158. The SMILES string of the molecule is Nc1cnc(N=NC23CC4CC(CC(C4)C2)C3)c(N)n1. The van der Waals surface area contributed by atoms with Crippen molar-refractivity contribution in [2.45, 2.75) is 44.1 Å². The molecule has 4 N–H and O–H groups in total. The highest BCUT2D eigenvalue weighted by atomic mass is 15.2. The van der Waals surface area contributed by atoms with Crippen LogP contribution in [0.1, 0.15) is 38.5 Å². The molecule has 0 aromatic carbocycles. The van der Waals surface area contributed by atoms with Crippen LogP contribution in [0.5, 0.6) is 0 Å². The Kier molecular flexibility index (Phi) is 2.49. The quantitative estimate of drug-likeness (QED) is 0.808. The average molecular weight is 272 g/mol. The van der Waals surface area contributed by atoms with Gasteiger partial charge < -0.3 is 11.5 Å². The molecular weight excluding hydrogens is 252 g/mol. The summed E-state index contributed by atoms with van der Waals surface area (Å²) in [5, 5.41) is 8.99. The van der Waals surface area contributed by atoms with Crippen LogP contribution >= 0.6 is 0 Å². The van der Waals surface area contributed by atoms with Gasteiger partial charge in [-0.3, -0.25) is 0 Å². The van der Waals surface area contributed by atoms with E-state index in [1.165, 1.54) is 44.7 Å². The zero-order valence-electron chi connectivity index (χ0n) is 11.5. The third-order valence-corrected chi connectivity index (χ3v) is 5.16. The molecule has 4 saturated carbocycles. The normalized spacial score (nSPS) is 38.7. The maximum absolute atomic E-state index is 5.79. The topological polar surface area (TPSA) is 103 Å². The van der Waals surface area contributed by atoms with Crippen LogP contribution in [0, 0.1) is 17.8 Å². The zero-order valence-corrected chi connectivity index (χ0v) is 11.5. The van der Waals surface area contributed by atoms with Gasteiger partial charge in [0.15, 0.2) is 5.82 Å². The monoisotopic (exact) mass is 272 g/mol. The Morgan fingerprint density at radius 2 is 1.65 bits per heavy atom. The van der Waals surface area contributed by atoms with Crippen LogP contribution in [0.15, 0.2) is 16.4 Å². The lowest BCUT2D eigenvalue weighted by atomic mass is 9.53. The predicted octanol–water partition coefficient (Wildman–Crippen LogP) is 2.69. The van der Waals surface area contributed by atoms with Crippen LogP contribution in [0.4, 0.5) is 17.5 Å². The van der Waals surface area contributed by atoms with Crippen molar-refractivity contribution in [2.24, 2.45) is 28.0 Å². The highest BCUT2D eigenvalue weighted by Crippen LogP contribution is 2.57. The van der Waals surface area contributed by atoms with E-state index in [2.05, 4.69) is 20.2 Å². The number of aromatic nitrogens is 2. The van der Waals surface area contributed by atoms with E-state index in [0.29, 0.717) is 11.6 Å². The molecule has 0 saturated heterocycles. The summed E-state index contributed by atoms with van der Waals surface area (Å²) >= 11 is 0. The highest BCUT2D eigenvalue weighted by Gasteiger charge is 2.51. The number of azo groups is 1. The molecule has 20 heavy (non-hydrogen) atoms. The third kappa shape index (κ3) is 1.94. The molecule has 0 radical (unpaired) electrons. The molecule has 0 spiro atoms. The van der Waals surface area contributed by atoms with Gasteiger partial charge in [-0.25, -0.2) is 9.97 Å². The van der Waals surface area contributed by atoms with Gasteiger partial charge in [-0.15, -0.1) is 5.11 Å². The first-order valence-electron chi connectivity index (χ1n) is 7.43. The number of hydrogen-bond donors (Lipinski definition) is 2. The van der Waals surface area contributed by atoms with E-state index < -0.39 is 0 Å². The number of rotatable bonds is 2. The van der Waals surface area contributed by atoms with Crippen molar-refractivity contribution in [1.29, 1.82) is 0 Å². The Bertz CT molecular complexity index is 531. The molecule has 106 valence electrons. The first-order chi connectivity index (χ1) is 9.62. The molecule has 4 aliphatic carbocycles. The number of nitrogens with zero attached hydrogens (tertiary/aromatic N) is 4. The summed E-state index contributed by atoms with van der Waals surface area (Å²) in [5.74, 6) is 3.55. The van der Waals surface area contributed by atoms with Crippen molar-refractivity contribution < 1.29 is 0 Å². The van der Waals surface area contributed by atoms with Gasteiger partial charge in [0.05, 0.1) is 11.7 Å². The van der Waals surface area contributed by atoms with E-state index in [1.807, 2.05) is 0 Å². The van der Waals surface area contributed by atoms with E-state index in [4.69, 9.17) is 11.5 Å². The van der Waals surface area contributed by atoms with Crippen LogP contribution in [0.3, 0.4) is 0 Å². The summed E-state index contributed by atoms with van der Waals surface area (Å²) < 4.78 is 0. The van der Waals surface area contributed by atoms with Crippen LogP contribution in [-0.2, 0) is 0 Å². The summed E-state index contributed by atoms with van der Waals surface area (Å²) in [4.78, 5) is 8.10. The third-order valence-electron chi connectivity index (χ3n) is 5.16. The second kappa shape index (κ2) is 4.14. The van der Waals surface area contributed by atoms with Gasteiger partial charge >= 0.3 is 0 Å². The van der Waals surface area contributed by atoms with Crippen LogP contribution in [-0.4, -0.2) is 15.5 Å². The van der Waals surface area contributed by atoms with Gasteiger partial charge in [0.1, 0.15) is 5.82 Å². The van der Waals surface area contributed by atoms with Crippen LogP contribution in [0.25, 0.3) is 0 Å². The molecule has 6 heteroatoms. The predicted molar refractivity (Wildman–Crippen MR) is 76.3 cm³/mol. The molecule has 1 aromatic heterocycles. The minimum Gasteiger partial charge on any atom is -0.382 e. The Labute approximate surface area is 118 Å². The maximum Gasteiger partial charge on any atom is 0.216 e. The lowest BCUT2D eigenvalue weighted by Crippen LogP contribution is -2.49. The molecule has 1 aromatic rings. The second-order valence-corrected chi connectivity index (χ2v) is 6.85. The molecule has 1 heterocycles. The number of hydrogen-bond acceptors (Lipinski definition) is 6. The molecule has 0 atom stereocenters. The zero-order chi connectivity index (χ0) is 13.7. The summed E-state index contributed by atoms with van der Waals surface area (Å²) in [6, 6.07) is 0. The highest BCUT2D eigenvalue weighted by molar-refractivity contribution is 5.53. The fourth-order valence-electron chi connectivity index (χ4n) is 4.83. The fraction of sp³-hybridized carbons (Fsp3) is 0.714. The van der Waals surface area contributed by atoms with Gasteiger partial charge in [-0.05, 0) is 56.3 Å². The van der Waals surface area contributed by atoms with E-state index in [1.54, 1.807) is 0 Å². The summed E-state index contributed by atoms with van der Waals surface area (Å²) in [5.41, 5.74) is 11.4. The first kappa shape index (κ1) is 12.1. The van der Waals surface area contributed by atoms with Gasteiger partial charge in [-0.1, -0.05) is 0 Å². The Morgan fingerprint density at radius 1 is 1.05 bits per heavy atom. The summed E-state index contributed by atoms with van der Waals surface area (Å²) in [6.07, 6.45) is 9.24. The van der Waals surface area contributed by atoms with E-state index in [0.717, 1.165) is 17.8 Å². The standard InChI is InChI=1S/C14H20N6/c15-11-7-17-13(12(16)18-11)19-20-14-4-8-1-9(5-14)3-10(2-8)6-14/h7-10H,1-6H2,(H4,15,16,18). The minimum atomic E-state index is 0.0459. The van der Waals surface area contributed by atoms with Crippen LogP contribution < -0.4 is 11.5 Å².